The average molecular weight is 382 g/mol. The fourth-order valence-corrected chi connectivity index (χ4v) is 8.09. The molecule has 5 aliphatic rings. The molecule has 3 fully saturated rings. The maximum absolute atomic E-state index is 6.95. The van der Waals surface area contributed by atoms with Crippen molar-refractivity contribution in [3.8, 4) is 11.5 Å². The Morgan fingerprint density at radius 2 is 2.00 bits per heavy atom. The standard InChI is InChI=1S/C25H35NO2/c1-26-13-12-25-19-10-8-18(14-16-6-4-3-5-7-16)24(25)28-23-21(27-2)11-9-17(22(23)25)15-20(19)26/h9,11,16,18-20,24H,3-8,10,12-15H2,1-2H3/t18-,19-,20+,24-,25-/m0/s1. The highest BCUT2D eigenvalue weighted by molar-refractivity contribution is 5.61. The summed E-state index contributed by atoms with van der Waals surface area (Å²) in [5.41, 5.74) is 3.37. The summed E-state index contributed by atoms with van der Waals surface area (Å²) in [5.74, 6) is 4.51. The van der Waals surface area contributed by atoms with E-state index in [2.05, 4.69) is 24.1 Å². The summed E-state index contributed by atoms with van der Waals surface area (Å²) in [6, 6.07) is 5.20. The van der Waals surface area contributed by atoms with Crippen molar-refractivity contribution in [1.82, 2.24) is 4.90 Å². The van der Waals surface area contributed by atoms with Crippen LogP contribution in [0.15, 0.2) is 12.1 Å². The normalized spacial score (nSPS) is 39.4. The van der Waals surface area contributed by atoms with Crippen LogP contribution in [0.3, 0.4) is 0 Å². The summed E-state index contributed by atoms with van der Waals surface area (Å²) >= 11 is 0. The lowest BCUT2D eigenvalue weighted by Gasteiger charge is -2.59. The molecule has 152 valence electrons. The van der Waals surface area contributed by atoms with Crippen molar-refractivity contribution in [3.05, 3.63) is 23.3 Å². The Hall–Kier alpha value is -1.22. The van der Waals surface area contributed by atoms with E-state index in [-0.39, 0.29) is 5.41 Å². The molecule has 0 N–H and O–H groups in total. The smallest absolute Gasteiger partial charge is 0.165 e. The van der Waals surface area contributed by atoms with E-state index in [1.54, 1.807) is 18.2 Å². The molecule has 1 saturated heterocycles. The van der Waals surface area contributed by atoms with Gasteiger partial charge >= 0.3 is 0 Å². The van der Waals surface area contributed by atoms with E-state index >= 15 is 0 Å². The van der Waals surface area contributed by atoms with Crippen LogP contribution in [0, 0.1) is 17.8 Å². The van der Waals surface area contributed by atoms with E-state index in [4.69, 9.17) is 9.47 Å². The Kier molecular flexibility index (Phi) is 4.02. The third kappa shape index (κ3) is 2.26. The van der Waals surface area contributed by atoms with Crippen molar-refractivity contribution < 1.29 is 9.47 Å². The van der Waals surface area contributed by atoms with Gasteiger partial charge in [-0.25, -0.2) is 0 Å². The summed E-state index contributed by atoms with van der Waals surface area (Å²) < 4.78 is 12.7. The molecule has 0 radical (unpaired) electrons. The fraction of sp³-hybridized carbons (Fsp3) is 0.760. The van der Waals surface area contributed by atoms with Crippen LogP contribution < -0.4 is 9.47 Å². The van der Waals surface area contributed by atoms with Gasteiger partial charge in [0.05, 0.1) is 7.11 Å². The van der Waals surface area contributed by atoms with Gasteiger partial charge in [-0.05, 0) is 75.1 Å². The number of rotatable bonds is 3. The number of nitrogens with zero attached hydrogens (tertiary/aromatic N) is 1. The lowest BCUT2D eigenvalue weighted by molar-refractivity contribution is -0.0743. The van der Waals surface area contributed by atoms with Crippen LogP contribution in [0.4, 0.5) is 0 Å². The Bertz CT molecular complexity index is 770. The van der Waals surface area contributed by atoms with E-state index in [9.17, 15) is 0 Å². The predicted molar refractivity (Wildman–Crippen MR) is 111 cm³/mol. The molecule has 1 aromatic carbocycles. The predicted octanol–water partition coefficient (Wildman–Crippen LogP) is 4.95. The Balaban J connectivity index is 1.43. The number of hydrogen-bond acceptors (Lipinski definition) is 3. The van der Waals surface area contributed by atoms with Crippen LogP contribution in [0.5, 0.6) is 11.5 Å². The van der Waals surface area contributed by atoms with E-state index < -0.39 is 0 Å². The van der Waals surface area contributed by atoms with Crippen molar-refractivity contribution in [1.29, 1.82) is 0 Å². The summed E-state index contributed by atoms with van der Waals surface area (Å²) in [7, 11) is 4.16. The Labute approximate surface area is 169 Å². The molecule has 2 heterocycles. The quantitative estimate of drug-likeness (QED) is 0.739. The minimum Gasteiger partial charge on any atom is -0.493 e. The second-order valence-corrected chi connectivity index (χ2v) is 10.4. The minimum atomic E-state index is 0.256. The van der Waals surface area contributed by atoms with Crippen molar-refractivity contribution >= 4 is 0 Å². The molecular formula is C25H35NO2. The van der Waals surface area contributed by atoms with Crippen molar-refractivity contribution in [3.63, 3.8) is 0 Å². The van der Waals surface area contributed by atoms with Crippen molar-refractivity contribution in [2.24, 2.45) is 17.8 Å². The first kappa shape index (κ1) is 17.6. The first-order valence-electron chi connectivity index (χ1n) is 11.8. The Morgan fingerprint density at radius 1 is 1.14 bits per heavy atom. The molecule has 3 heteroatoms. The summed E-state index contributed by atoms with van der Waals surface area (Å²) in [4.78, 5) is 2.65. The first-order chi connectivity index (χ1) is 13.7. The molecule has 2 aliphatic heterocycles. The molecule has 0 aromatic heterocycles. The summed E-state index contributed by atoms with van der Waals surface area (Å²) in [5, 5.41) is 0. The lowest BCUT2D eigenvalue weighted by Crippen LogP contribution is -2.65. The number of benzene rings is 1. The zero-order chi connectivity index (χ0) is 18.9. The van der Waals surface area contributed by atoms with Crippen molar-refractivity contribution in [2.75, 3.05) is 20.7 Å². The number of methoxy groups -OCH3 is 1. The van der Waals surface area contributed by atoms with Gasteiger partial charge in [-0.2, -0.15) is 0 Å². The molecule has 1 aromatic rings. The van der Waals surface area contributed by atoms with Gasteiger partial charge in [-0.15, -0.1) is 0 Å². The van der Waals surface area contributed by atoms with Crippen LogP contribution in [0.1, 0.15) is 68.9 Å². The number of ether oxygens (including phenoxy) is 2. The lowest BCUT2D eigenvalue weighted by atomic mass is 9.49. The van der Waals surface area contributed by atoms with E-state index in [0.717, 1.165) is 29.3 Å². The SMILES string of the molecule is COc1ccc2c3c1O[C@H]1[C@H](CC4CCCCC4)CC[C@H]4[C@@H](C2)N(C)CC[C@@]341. The molecule has 6 rings (SSSR count). The van der Waals surface area contributed by atoms with Crippen LogP contribution >= 0.6 is 0 Å². The second-order valence-electron chi connectivity index (χ2n) is 10.4. The van der Waals surface area contributed by atoms with Gasteiger partial charge in [0.2, 0.25) is 0 Å². The highest BCUT2D eigenvalue weighted by atomic mass is 16.5. The van der Waals surface area contributed by atoms with Gasteiger partial charge in [-0.3, -0.25) is 0 Å². The summed E-state index contributed by atoms with van der Waals surface area (Å²) in [6.07, 6.45) is 14.2. The van der Waals surface area contributed by atoms with Crippen LogP contribution in [0.25, 0.3) is 0 Å². The monoisotopic (exact) mass is 381 g/mol. The number of hydrogen-bond donors (Lipinski definition) is 0. The summed E-state index contributed by atoms with van der Waals surface area (Å²) in [6.45, 7) is 1.22. The topological polar surface area (TPSA) is 21.7 Å². The molecule has 0 amide bonds. The van der Waals surface area contributed by atoms with E-state index in [1.807, 2.05) is 0 Å². The fourth-order valence-electron chi connectivity index (χ4n) is 8.09. The van der Waals surface area contributed by atoms with Crippen LogP contribution in [-0.2, 0) is 11.8 Å². The van der Waals surface area contributed by atoms with Crippen LogP contribution in [0.2, 0.25) is 0 Å². The highest BCUT2D eigenvalue weighted by Gasteiger charge is 2.65. The molecule has 2 bridgehead atoms. The molecular weight excluding hydrogens is 346 g/mol. The van der Waals surface area contributed by atoms with Crippen LogP contribution in [-0.4, -0.2) is 37.7 Å². The largest absolute Gasteiger partial charge is 0.493 e. The second kappa shape index (κ2) is 6.39. The van der Waals surface area contributed by atoms with Gasteiger partial charge in [0.15, 0.2) is 11.5 Å². The van der Waals surface area contributed by atoms with Gasteiger partial charge in [0.25, 0.3) is 0 Å². The third-order valence-corrected chi connectivity index (χ3v) is 9.28. The number of piperidine rings is 1. The Morgan fingerprint density at radius 3 is 2.82 bits per heavy atom. The molecule has 3 aliphatic carbocycles. The van der Waals surface area contributed by atoms with Gasteiger partial charge in [0, 0.05) is 17.0 Å². The van der Waals surface area contributed by atoms with Gasteiger partial charge < -0.3 is 14.4 Å². The zero-order valence-corrected chi connectivity index (χ0v) is 17.6. The molecule has 1 spiro atoms. The molecule has 5 atom stereocenters. The molecule has 2 saturated carbocycles. The highest BCUT2D eigenvalue weighted by Crippen LogP contribution is 2.65. The first-order valence-corrected chi connectivity index (χ1v) is 11.8. The van der Waals surface area contributed by atoms with Crippen molar-refractivity contribution in [2.45, 2.75) is 81.8 Å². The minimum absolute atomic E-state index is 0.256. The zero-order valence-electron chi connectivity index (χ0n) is 17.6. The third-order valence-electron chi connectivity index (χ3n) is 9.28. The van der Waals surface area contributed by atoms with Gasteiger partial charge in [0.1, 0.15) is 6.10 Å². The molecule has 28 heavy (non-hydrogen) atoms. The molecule has 0 unspecified atom stereocenters. The van der Waals surface area contributed by atoms with Gasteiger partial charge in [-0.1, -0.05) is 38.2 Å². The number of likely N-dealkylation sites (N-methyl/N-ethyl adjacent to an activating group) is 1. The number of likely N-dealkylation sites (tertiary alicyclic amines) is 1. The molecule has 3 nitrogen and oxygen atoms in total. The average Bonchev–Trinajstić information content (AvgIpc) is 3.08. The maximum atomic E-state index is 6.95. The van der Waals surface area contributed by atoms with E-state index in [0.29, 0.717) is 12.1 Å². The maximum Gasteiger partial charge on any atom is 0.165 e. The van der Waals surface area contributed by atoms with E-state index in [1.165, 1.54) is 70.8 Å².